The zero-order chi connectivity index (χ0) is 22.5. The SMILES string of the molecule is COc1ccc(-n2c(SCC(=O)NC(N)=O)nnc2-c2cc(Cl)ccc2OC)cc1Cl. The fourth-order valence-electron chi connectivity index (χ4n) is 2.72. The molecule has 2 aromatic carbocycles. The molecular formula is C19H17Cl2N5O4S. The van der Waals surface area contributed by atoms with E-state index < -0.39 is 11.9 Å². The molecule has 1 heterocycles. The first kappa shape index (κ1) is 22.7. The predicted octanol–water partition coefficient (Wildman–Crippen LogP) is 3.55. The second-order valence-corrected chi connectivity index (χ2v) is 7.79. The highest BCUT2D eigenvalue weighted by atomic mass is 35.5. The van der Waals surface area contributed by atoms with Gasteiger partial charge in [0, 0.05) is 5.02 Å². The minimum atomic E-state index is -0.932. The van der Waals surface area contributed by atoms with E-state index in [4.69, 9.17) is 38.4 Å². The molecule has 9 nitrogen and oxygen atoms in total. The third-order valence-corrected chi connectivity index (χ3v) is 5.48. The number of primary amides is 1. The molecule has 3 rings (SSSR count). The molecule has 0 spiro atoms. The van der Waals surface area contributed by atoms with Gasteiger partial charge in [-0.3, -0.25) is 14.7 Å². The first-order valence-electron chi connectivity index (χ1n) is 8.69. The van der Waals surface area contributed by atoms with E-state index >= 15 is 0 Å². The first-order valence-corrected chi connectivity index (χ1v) is 10.4. The molecular weight excluding hydrogens is 465 g/mol. The molecule has 0 bridgehead atoms. The number of amides is 3. The number of urea groups is 1. The molecule has 0 saturated heterocycles. The summed E-state index contributed by atoms with van der Waals surface area (Å²) in [4.78, 5) is 22.8. The Bertz CT molecular complexity index is 1140. The molecule has 0 aliphatic heterocycles. The molecule has 0 aliphatic rings. The minimum Gasteiger partial charge on any atom is -0.496 e. The summed E-state index contributed by atoms with van der Waals surface area (Å²) >= 11 is 13.6. The molecule has 0 radical (unpaired) electrons. The van der Waals surface area contributed by atoms with Crippen LogP contribution in [0.5, 0.6) is 11.5 Å². The summed E-state index contributed by atoms with van der Waals surface area (Å²) in [6.45, 7) is 0. The van der Waals surface area contributed by atoms with Crippen LogP contribution in [0.4, 0.5) is 4.79 Å². The predicted molar refractivity (Wildman–Crippen MR) is 118 cm³/mol. The number of methoxy groups -OCH3 is 2. The number of rotatable bonds is 7. The second-order valence-electron chi connectivity index (χ2n) is 6.01. The Morgan fingerprint density at radius 1 is 1.10 bits per heavy atom. The van der Waals surface area contributed by atoms with Crippen LogP contribution in [0.2, 0.25) is 10.0 Å². The molecule has 1 aromatic heterocycles. The van der Waals surface area contributed by atoms with Gasteiger partial charge in [0.2, 0.25) is 5.91 Å². The number of benzene rings is 2. The first-order chi connectivity index (χ1) is 14.8. The number of hydrogen-bond donors (Lipinski definition) is 2. The molecule has 0 saturated carbocycles. The molecule has 31 heavy (non-hydrogen) atoms. The average Bonchev–Trinajstić information content (AvgIpc) is 3.15. The second kappa shape index (κ2) is 9.90. The molecule has 0 fully saturated rings. The van der Waals surface area contributed by atoms with Crippen LogP contribution < -0.4 is 20.5 Å². The van der Waals surface area contributed by atoms with Gasteiger partial charge in [0.05, 0.1) is 36.2 Å². The van der Waals surface area contributed by atoms with Crippen LogP contribution in [-0.4, -0.2) is 46.7 Å². The van der Waals surface area contributed by atoms with Crippen LogP contribution in [-0.2, 0) is 4.79 Å². The molecule has 0 atom stereocenters. The number of aromatic nitrogens is 3. The fourth-order valence-corrected chi connectivity index (χ4v) is 3.90. The zero-order valence-electron chi connectivity index (χ0n) is 16.4. The van der Waals surface area contributed by atoms with Gasteiger partial charge >= 0.3 is 6.03 Å². The number of hydrogen-bond acceptors (Lipinski definition) is 7. The van der Waals surface area contributed by atoms with E-state index in [1.165, 1.54) is 14.2 Å². The van der Waals surface area contributed by atoms with Crippen molar-refractivity contribution in [1.29, 1.82) is 0 Å². The van der Waals surface area contributed by atoms with Crippen LogP contribution in [0, 0.1) is 0 Å². The van der Waals surface area contributed by atoms with Gasteiger partial charge in [-0.1, -0.05) is 35.0 Å². The van der Waals surface area contributed by atoms with Crippen molar-refractivity contribution in [3.8, 4) is 28.6 Å². The quantitative estimate of drug-likeness (QED) is 0.494. The van der Waals surface area contributed by atoms with Gasteiger partial charge in [0.25, 0.3) is 0 Å². The number of nitrogens with two attached hydrogens (primary N) is 1. The Morgan fingerprint density at radius 2 is 1.81 bits per heavy atom. The molecule has 162 valence electrons. The Morgan fingerprint density at radius 3 is 2.45 bits per heavy atom. The molecule has 0 aliphatic carbocycles. The summed E-state index contributed by atoms with van der Waals surface area (Å²) in [5.41, 5.74) is 6.19. The molecule has 3 aromatic rings. The van der Waals surface area contributed by atoms with E-state index in [1.54, 1.807) is 41.0 Å². The van der Waals surface area contributed by atoms with Crippen LogP contribution in [0.3, 0.4) is 0 Å². The van der Waals surface area contributed by atoms with Gasteiger partial charge < -0.3 is 15.2 Å². The van der Waals surface area contributed by atoms with Crippen molar-refractivity contribution in [2.24, 2.45) is 5.73 Å². The van der Waals surface area contributed by atoms with Gasteiger partial charge in [-0.25, -0.2) is 4.79 Å². The molecule has 3 amide bonds. The summed E-state index contributed by atoms with van der Waals surface area (Å²) < 4.78 is 12.4. The largest absolute Gasteiger partial charge is 0.496 e. The highest BCUT2D eigenvalue weighted by Crippen LogP contribution is 2.36. The van der Waals surface area contributed by atoms with E-state index in [0.717, 1.165) is 11.8 Å². The maximum Gasteiger partial charge on any atom is 0.318 e. The fraction of sp³-hybridized carbons (Fsp3) is 0.158. The number of carbonyl (C=O) groups excluding carboxylic acids is 2. The lowest BCUT2D eigenvalue weighted by Gasteiger charge is -2.14. The van der Waals surface area contributed by atoms with E-state index in [2.05, 4.69) is 10.2 Å². The summed E-state index contributed by atoms with van der Waals surface area (Å²) in [6.07, 6.45) is 0. The lowest BCUT2D eigenvalue weighted by Crippen LogP contribution is -2.36. The smallest absolute Gasteiger partial charge is 0.318 e. The van der Waals surface area contributed by atoms with Crippen molar-refractivity contribution >= 4 is 46.9 Å². The lowest BCUT2D eigenvalue weighted by molar-refractivity contribution is -0.117. The van der Waals surface area contributed by atoms with Crippen molar-refractivity contribution < 1.29 is 19.1 Å². The Kier molecular flexibility index (Phi) is 7.26. The van der Waals surface area contributed by atoms with Gasteiger partial charge in [-0.15, -0.1) is 10.2 Å². The van der Waals surface area contributed by atoms with Crippen molar-refractivity contribution in [3.63, 3.8) is 0 Å². The van der Waals surface area contributed by atoms with Crippen molar-refractivity contribution in [1.82, 2.24) is 20.1 Å². The Balaban J connectivity index is 2.11. The number of nitrogens with zero attached hydrogens (tertiary/aromatic N) is 3. The van der Waals surface area contributed by atoms with E-state index in [1.807, 2.05) is 5.32 Å². The summed E-state index contributed by atoms with van der Waals surface area (Å²) in [5, 5.41) is 11.7. The molecule has 0 unspecified atom stereocenters. The number of thioether (sulfide) groups is 1. The van der Waals surface area contributed by atoms with E-state index in [-0.39, 0.29) is 5.75 Å². The van der Waals surface area contributed by atoms with Gasteiger partial charge in [0.1, 0.15) is 11.5 Å². The van der Waals surface area contributed by atoms with E-state index in [9.17, 15) is 9.59 Å². The number of carbonyl (C=O) groups is 2. The van der Waals surface area contributed by atoms with Crippen LogP contribution in [0.25, 0.3) is 17.1 Å². The third kappa shape index (κ3) is 5.22. The maximum absolute atomic E-state index is 11.9. The number of imide groups is 1. The summed E-state index contributed by atoms with van der Waals surface area (Å²) in [5.74, 6) is 0.758. The number of nitrogens with one attached hydrogen (secondary N) is 1. The maximum atomic E-state index is 11.9. The zero-order valence-corrected chi connectivity index (χ0v) is 18.7. The number of ether oxygens (including phenoxy) is 2. The third-order valence-electron chi connectivity index (χ3n) is 4.02. The lowest BCUT2D eigenvalue weighted by atomic mass is 10.2. The molecule has 3 N–H and O–H groups in total. The minimum absolute atomic E-state index is 0.113. The van der Waals surface area contributed by atoms with Crippen LogP contribution in [0.15, 0.2) is 41.6 Å². The number of halogens is 2. The Hall–Kier alpha value is -2.95. The van der Waals surface area contributed by atoms with Crippen molar-refractivity contribution in [3.05, 3.63) is 46.4 Å². The normalized spacial score (nSPS) is 10.6. The van der Waals surface area contributed by atoms with Gasteiger partial charge in [0.15, 0.2) is 11.0 Å². The summed E-state index contributed by atoms with van der Waals surface area (Å²) in [7, 11) is 3.04. The van der Waals surface area contributed by atoms with Crippen LogP contribution >= 0.6 is 35.0 Å². The summed E-state index contributed by atoms with van der Waals surface area (Å²) in [6, 6.07) is 9.31. The van der Waals surface area contributed by atoms with Crippen molar-refractivity contribution in [2.75, 3.05) is 20.0 Å². The highest BCUT2D eigenvalue weighted by molar-refractivity contribution is 7.99. The average molecular weight is 482 g/mol. The monoisotopic (exact) mass is 481 g/mol. The van der Waals surface area contributed by atoms with Crippen LogP contribution in [0.1, 0.15) is 0 Å². The van der Waals surface area contributed by atoms with Gasteiger partial charge in [-0.2, -0.15) is 0 Å². The molecule has 12 heteroatoms. The highest BCUT2D eigenvalue weighted by Gasteiger charge is 2.21. The topological polar surface area (TPSA) is 121 Å². The Labute approximate surface area is 191 Å². The van der Waals surface area contributed by atoms with E-state index in [0.29, 0.717) is 43.8 Å². The standard InChI is InChI=1S/C19H17Cl2N5O4S/c1-29-14-5-3-10(20)7-12(14)17-24-25-19(31-9-16(27)23-18(22)28)26(17)11-4-6-15(30-2)13(21)8-11/h3-8H,9H2,1-2H3,(H3,22,23,27,28). The van der Waals surface area contributed by atoms with Crippen molar-refractivity contribution in [2.45, 2.75) is 5.16 Å². The van der Waals surface area contributed by atoms with Gasteiger partial charge in [-0.05, 0) is 36.4 Å².